The number of hydrogen-bond acceptors (Lipinski definition) is 6. The van der Waals surface area contributed by atoms with Crippen LogP contribution < -0.4 is 14.8 Å². The van der Waals surface area contributed by atoms with Crippen LogP contribution in [0.4, 0.5) is 5.69 Å². The Hall–Kier alpha value is -3.46. The highest BCUT2D eigenvalue weighted by Crippen LogP contribution is 2.43. The molecule has 0 bridgehead atoms. The van der Waals surface area contributed by atoms with Crippen LogP contribution in [0.3, 0.4) is 0 Å². The lowest BCUT2D eigenvalue weighted by atomic mass is 9.80. The maximum atomic E-state index is 12.7. The lowest BCUT2D eigenvalue weighted by molar-refractivity contribution is -0.134. The molecule has 0 aliphatic carbocycles. The number of amides is 2. The van der Waals surface area contributed by atoms with Crippen molar-refractivity contribution in [2.75, 3.05) is 18.1 Å². The van der Waals surface area contributed by atoms with Crippen molar-refractivity contribution >= 4 is 38.4 Å². The summed E-state index contributed by atoms with van der Waals surface area (Å²) in [5.74, 6) is -0.369. The molecule has 184 valence electrons. The van der Waals surface area contributed by atoms with Gasteiger partial charge >= 0.3 is 0 Å². The number of ether oxygens (including phenoxy) is 1. The molecule has 1 atom stereocenters. The van der Waals surface area contributed by atoms with Gasteiger partial charge in [0.05, 0.1) is 24.8 Å². The third-order valence-corrected chi connectivity index (χ3v) is 6.70. The first-order valence-corrected chi connectivity index (χ1v) is 13.2. The molecule has 2 N–H and O–H groups in total. The van der Waals surface area contributed by atoms with Crippen molar-refractivity contribution in [3.05, 3.63) is 53.7 Å². The van der Waals surface area contributed by atoms with Gasteiger partial charge in [-0.3, -0.25) is 24.6 Å². The van der Waals surface area contributed by atoms with Crippen molar-refractivity contribution in [1.29, 1.82) is 0 Å². The molecule has 0 radical (unpaired) electrons. The standard InChI is InChI=1S/C26H29N3O5S/c1-26(2,3)21-13-19(18-10-11-22(30)28-25(18)31)23-20(24(21)34-4)12-16(14-27-23)15-6-8-17(9-7-15)29-35(5,32)33/h6-9,12-14,18,29H,10-11H2,1-5H3,(H,28,30,31). The molecule has 3 aromatic rings. The fraction of sp³-hybridized carbons (Fsp3) is 0.346. The summed E-state index contributed by atoms with van der Waals surface area (Å²) in [7, 11) is -1.75. The Kier molecular flexibility index (Phi) is 6.31. The predicted octanol–water partition coefficient (Wildman–Crippen LogP) is 4.10. The zero-order chi connectivity index (χ0) is 25.5. The average molecular weight is 496 g/mol. The average Bonchev–Trinajstić information content (AvgIpc) is 2.76. The normalized spacial score (nSPS) is 16.8. The molecule has 1 aliphatic rings. The van der Waals surface area contributed by atoms with Gasteiger partial charge in [0.1, 0.15) is 5.75 Å². The number of piperidine rings is 1. The van der Waals surface area contributed by atoms with E-state index in [0.717, 1.165) is 33.9 Å². The van der Waals surface area contributed by atoms with Gasteiger partial charge in [0.2, 0.25) is 21.8 Å². The number of aromatic nitrogens is 1. The molecule has 1 fully saturated rings. The molecule has 1 unspecified atom stereocenters. The summed E-state index contributed by atoms with van der Waals surface area (Å²) < 4.78 is 31.3. The summed E-state index contributed by atoms with van der Waals surface area (Å²) in [6, 6.07) is 11.0. The topological polar surface area (TPSA) is 114 Å². The molecule has 2 aromatic carbocycles. The summed E-state index contributed by atoms with van der Waals surface area (Å²) in [5, 5.41) is 3.23. The van der Waals surface area contributed by atoms with Crippen LogP contribution in [0.15, 0.2) is 42.6 Å². The maximum Gasteiger partial charge on any atom is 0.234 e. The Bertz CT molecular complexity index is 1420. The van der Waals surface area contributed by atoms with Crippen molar-refractivity contribution in [2.24, 2.45) is 0 Å². The summed E-state index contributed by atoms with van der Waals surface area (Å²) >= 11 is 0. The quantitative estimate of drug-likeness (QED) is 0.515. The predicted molar refractivity (Wildman–Crippen MR) is 136 cm³/mol. The molecule has 9 heteroatoms. The van der Waals surface area contributed by atoms with Crippen LogP contribution in [0.2, 0.25) is 0 Å². The summed E-state index contributed by atoms with van der Waals surface area (Å²) in [5.41, 5.74) is 4.24. The van der Waals surface area contributed by atoms with Crippen LogP contribution in [0.25, 0.3) is 22.0 Å². The fourth-order valence-corrected chi connectivity index (χ4v) is 5.00. The highest BCUT2D eigenvalue weighted by Gasteiger charge is 2.32. The first kappa shape index (κ1) is 24.7. The van der Waals surface area contributed by atoms with E-state index in [1.165, 1.54) is 0 Å². The second-order valence-corrected chi connectivity index (χ2v) is 11.6. The van der Waals surface area contributed by atoms with Crippen LogP contribution >= 0.6 is 0 Å². The molecule has 2 amide bonds. The highest BCUT2D eigenvalue weighted by molar-refractivity contribution is 7.92. The van der Waals surface area contributed by atoms with Gasteiger partial charge in [0.15, 0.2) is 0 Å². The van der Waals surface area contributed by atoms with E-state index in [1.54, 1.807) is 25.4 Å². The number of hydrogen-bond donors (Lipinski definition) is 2. The maximum absolute atomic E-state index is 12.7. The number of carbonyl (C=O) groups is 2. The molecular formula is C26H29N3O5S. The van der Waals surface area contributed by atoms with Gasteiger partial charge in [0.25, 0.3) is 0 Å². The minimum absolute atomic E-state index is 0.260. The van der Waals surface area contributed by atoms with Crippen molar-refractivity contribution in [2.45, 2.75) is 44.9 Å². The fourth-order valence-electron chi connectivity index (χ4n) is 4.44. The van der Waals surface area contributed by atoms with E-state index < -0.39 is 15.9 Å². The number of carbonyl (C=O) groups excluding carboxylic acids is 2. The van der Waals surface area contributed by atoms with Gasteiger partial charge in [0, 0.05) is 34.8 Å². The van der Waals surface area contributed by atoms with Crippen molar-refractivity contribution < 1.29 is 22.7 Å². The summed E-state index contributed by atoms with van der Waals surface area (Å²) in [6.07, 6.45) is 3.54. The van der Waals surface area contributed by atoms with Gasteiger partial charge < -0.3 is 4.74 Å². The highest BCUT2D eigenvalue weighted by atomic mass is 32.2. The van der Waals surface area contributed by atoms with Gasteiger partial charge in [-0.2, -0.15) is 0 Å². The molecular weight excluding hydrogens is 466 g/mol. The van der Waals surface area contributed by atoms with E-state index in [-0.39, 0.29) is 23.7 Å². The van der Waals surface area contributed by atoms with Crippen LogP contribution in [-0.4, -0.2) is 38.6 Å². The van der Waals surface area contributed by atoms with Gasteiger partial charge in [-0.1, -0.05) is 32.9 Å². The number of imide groups is 1. The molecule has 4 rings (SSSR count). The second-order valence-electron chi connectivity index (χ2n) is 9.87. The summed E-state index contributed by atoms with van der Waals surface area (Å²) in [4.78, 5) is 29.2. The third-order valence-electron chi connectivity index (χ3n) is 6.10. The molecule has 0 saturated carbocycles. The van der Waals surface area contributed by atoms with Gasteiger partial charge in [-0.15, -0.1) is 0 Å². The van der Waals surface area contributed by atoms with E-state index >= 15 is 0 Å². The number of rotatable bonds is 5. The molecule has 1 aromatic heterocycles. The first-order chi connectivity index (χ1) is 16.4. The zero-order valence-electron chi connectivity index (χ0n) is 20.4. The van der Waals surface area contributed by atoms with Gasteiger partial charge in [-0.05, 0) is 47.2 Å². The minimum Gasteiger partial charge on any atom is -0.496 e. The number of nitrogens with zero attached hydrogens (tertiary/aromatic N) is 1. The number of benzene rings is 2. The second kappa shape index (κ2) is 8.96. The Labute approximate surface area is 205 Å². The smallest absolute Gasteiger partial charge is 0.234 e. The lowest BCUT2D eigenvalue weighted by Crippen LogP contribution is -2.39. The molecule has 2 heterocycles. The van der Waals surface area contributed by atoms with Crippen molar-refractivity contribution in [3.8, 4) is 16.9 Å². The number of anilines is 1. The van der Waals surface area contributed by atoms with E-state index in [9.17, 15) is 18.0 Å². The van der Waals surface area contributed by atoms with Crippen molar-refractivity contribution in [1.82, 2.24) is 10.3 Å². The van der Waals surface area contributed by atoms with Crippen LogP contribution in [-0.2, 0) is 25.0 Å². The lowest BCUT2D eigenvalue weighted by Gasteiger charge is -2.28. The largest absolute Gasteiger partial charge is 0.496 e. The van der Waals surface area contributed by atoms with Crippen molar-refractivity contribution in [3.63, 3.8) is 0 Å². The number of pyridine rings is 1. The first-order valence-electron chi connectivity index (χ1n) is 11.3. The minimum atomic E-state index is -3.37. The Morgan fingerprint density at radius 3 is 2.34 bits per heavy atom. The molecule has 8 nitrogen and oxygen atoms in total. The zero-order valence-corrected chi connectivity index (χ0v) is 21.2. The van der Waals surface area contributed by atoms with Gasteiger partial charge in [-0.25, -0.2) is 8.42 Å². The monoisotopic (exact) mass is 495 g/mol. The number of fused-ring (bicyclic) bond motifs is 1. The van der Waals surface area contributed by atoms with E-state index in [4.69, 9.17) is 9.72 Å². The van der Waals surface area contributed by atoms with E-state index in [0.29, 0.717) is 23.4 Å². The number of methoxy groups -OCH3 is 1. The van der Waals surface area contributed by atoms with Crippen LogP contribution in [0.1, 0.15) is 50.7 Å². The molecule has 0 spiro atoms. The Balaban J connectivity index is 1.89. The third kappa shape index (κ3) is 5.14. The number of nitrogens with one attached hydrogen (secondary N) is 2. The van der Waals surface area contributed by atoms with Crippen LogP contribution in [0.5, 0.6) is 5.75 Å². The van der Waals surface area contributed by atoms with Crippen LogP contribution in [0, 0.1) is 0 Å². The Morgan fingerprint density at radius 1 is 1.09 bits per heavy atom. The molecule has 1 aliphatic heterocycles. The van der Waals surface area contributed by atoms with E-state index in [1.807, 2.05) is 24.3 Å². The summed E-state index contributed by atoms with van der Waals surface area (Å²) in [6.45, 7) is 6.24. The number of sulfonamides is 1. The molecule has 1 saturated heterocycles. The molecule has 35 heavy (non-hydrogen) atoms. The van der Waals surface area contributed by atoms with E-state index in [2.05, 4.69) is 30.8 Å². The Morgan fingerprint density at radius 2 is 1.77 bits per heavy atom. The SMILES string of the molecule is COc1c(C(C)(C)C)cc(C2CCC(=O)NC2=O)c2ncc(-c3ccc(NS(C)(=O)=O)cc3)cc12.